The third-order valence-electron chi connectivity index (χ3n) is 8.31. The van der Waals surface area contributed by atoms with E-state index in [-0.39, 0.29) is 17.9 Å². The third-order valence-corrected chi connectivity index (χ3v) is 8.31. The van der Waals surface area contributed by atoms with Gasteiger partial charge in [-0.2, -0.15) is 0 Å². The van der Waals surface area contributed by atoms with Crippen molar-refractivity contribution in [1.29, 1.82) is 0 Å². The molecule has 2 aliphatic heterocycles. The average Bonchev–Trinajstić information content (AvgIpc) is 2.99. The normalized spacial score (nSPS) is 18.1. The SMILES string of the molecule is COc1ccccc1OCC(=O)N1CCC2(CCCCc3ccccc3OCCN(Cc3ccccn3)C2)CC1. The Morgan fingerprint density at radius 2 is 1.70 bits per heavy atom. The molecule has 0 radical (unpaired) electrons. The minimum Gasteiger partial charge on any atom is -0.493 e. The van der Waals surface area contributed by atoms with Gasteiger partial charge in [-0.1, -0.05) is 42.8 Å². The Labute approximate surface area is 238 Å². The monoisotopic (exact) mass is 543 g/mol. The molecule has 1 fully saturated rings. The Balaban J connectivity index is 1.25. The van der Waals surface area contributed by atoms with Gasteiger partial charge in [-0.05, 0) is 73.4 Å². The van der Waals surface area contributed by atoms with Gasteiger partial charge < -0.3 is 19.1 Å². The van der Waals surface area contributed by atoms with Crippen molar-refractivity contribution in [2.24, 2.45) is 5.41 Å². The number of para-hydroxylation sites is 3. The van der Waals surface area contributed by atoms with Gasteiger partial charge >= 0.3 is 0 Å². The predicted molar refractivity (Wildman–Crippen MR) is 156 cm³/mol. The number of hydrogen-bond donors (Lipinski definition) is 0. The molecule has 3 heterocycles. The number of pyridine rings is 1. The summed E-state index contributed by atoms with van der Waals surface area (Å²) in [7, 11) is 1.61. The topological polar surface area (TPSA) is 64.1 Å². The highest BCUT2D eigenvalue weighted by Gasteiger charge is 2.37. The molecule has 0 bridgehead atoms. The number of ether oxygens (including phenoxy) is 3. The number of aromatic nitrogens is 1. The third kappa shape index (κ3) is 7.33. The molecule has 0 atom stereocenters. The second-order valence-corrected chi connectivity index (χ2v) is 11.0. The summed E-state index contributed by atoms with van der Waals surface area (Å²) in [5, 5.41) is 0. The lowest BCUT2D eigenvalue weighted by Gasteiger charge is -2.45. The fraction of sp³-hybridized carbons (Fsp3) is 0.455. The number of nitrogens with zero attached hydrogens (tertiary/aromatic N) is 3. The zero-order valence-corrected chi connectivity index (χ0v) is 23.6. The standard InChI is InChI=1S/C33H41N3O4/c1-38-30-14-4-5-15-31(30)40-25-32(37)36-20-17-33(18-21-36)16-8-6-11-27-10-2-3-13-29(27)39-23-22-35(26-33)24-28-12-7-9-19-34-28/h2-5,7,9-10,12-15,19H,6,8,11,16-18,20-26H2,1H3. The summed E-state index contributed by atoms with van der Waals surface area (Å²) in [6.07, 6.45) is 8.34. The number of rotatable bonds is 6. The molecule has 1 saturated heterocycles. The van der Waals surface area contributed by atoms with E-state index in [1.54, 1.807) is 7.11 Å². The number of piperidine rings is 1. The molecule has 0 N–H and O–H groups in total. The van der Waals surface area contributed by atoms with Gasteiger partial charge in [-0.3, -0.25) is 14.7 Å². The Bertz CT molecular complexity index is 1230. The lowest BCUT2D eigenvalue weighted by molar-refractivity contribution is -0.136. The van der Waals surface area contributed by atoms with Crippen LogP contribution in [0.1, 0.15) is 43.4 Å². The van der Waals surface area contributed by atoms with Gasteiger partial charge in [-0.15, -0.1) is 0 Å². The van der Waals surface area contributed by atoms with Crippen LogP contribution in [0, 0.1) is 5.41 Å². The first-order valence-corrected chi connectivity index (χ1v) is 14.5. The second kappa shape index (κ2) is 13.7. The molecule has 2 aromatic carbocycles. The molecule has 0 unspecified atom stereocenters. The summed E-state index contributed by atoms with van der Waals surface area (Å²) in [4.78, 5) is 22.2. The van der Waals surface area contributed by atoms with Crippen molar-refractivity contribution in [3.05, 3.63) is 84.2 Å². The van der Waals surface area contributed by atoms with E-state index in [4.69, 9.17) is 14.2 Å². The molecule has 7 nitrogen and oxygen atoms in total. The first-order valence-electron chi connectivity index (χ1n) is 14.5. The molecular formula is C33H41N3O4. The van der Waals surface area contributed by atoms with Gasteiger partial charge in [0.05, 0.1) is 12.8 Å². The van der Waals surface area contributed by atoms with E-state index >= 15 is 0 Å². The van der Waals surface area contributed by atoms with E-state index < -0.39 is 0 Å². The van der Waals surface area contributed by atoms with Crippen molar-refractivity contribution in [2.75, 3.05) is 46.5 Å². The summed E-state index contributed by atoms with van der Waals surface area (Å²) in [5.41, 5.74) is 2.53. The highest BCUT2D eigenvalue weighted by Crippen LogP contribution is 2.39. The predicted octanol–water partition coefficient (Wildman–Crippen LogP) is 5.39. The number of carbonyl (C=O) groups is 1. The average molecular weight is 544 g/mol. The maximum absolute atomic E-state index is 13.1. The minimum atomic E-state index is 0.0237. The van der Waals surface area contributed by atoms with Gasteiger partial charge in [0.25, 0.3) is 5.91 Å². The highest BCUT2D eigenvalue weighted by atomic mass is 16.5. The van der Waals surface area contributed by atoms with Crippen LogP contribution in [-0.4, -0.2) is 67.2 Å². The summed E-state index contributed by atoms with van der Waals surface area (Å²) < 4.78 is 17.5. The van der Waals surface area contributed by atoms with Crippen molar-refractivity contribution in [3.63, 3.8) is 0 Å². The van der Waals surface area contributed by atoms with Crippen LogP contribution in [0.5, 0.6) is 17.2 Å². The zero-order chi connectivity index (χ0) is 27.6. The maximum atomic E-state index is 13.1. The molecule has 212 valence electrons. The fourth-order valence-electron chi connectivity index (χ4n) is 6.05. The number of benzene rings is 2. The number of fused-ring (bicyclic) bond motifs is 1. The van der Waals surface area contributed by atoms with Gasteiger partial charge in [0, 0.05) is 38.9 Å². The molecule has 0 saturated carbocycles. The summed E-state index contributed by atoms with van der Waals surface area (Å²) in [6, 6.07) is 22.0. The Kier molecular flexibility index (Phi) is 9.55. The van der Waals surface area contributed by atoms with Crippen LogP contribution in [0.15, 0.2) is 72.9 Å². The largest absolute Gasteiger partial charge is 0.493 e. The molecule has 1 spiro atoms. The summed E-state index contributed by atoms with van der Waals surface area (Å²) in [5.74, 6) is 2.28. The van der Waals surface area contributed by atoms with E-state index in [0.29, 0.717) is 18.1 Å². The quantitative estimate of drug-likeness (QED) is 0.416. The number of methoxy groups -OCH3 is 1. The number of likely N-dealkylation sites (tertiary alicyclic amines) is 1. The van der Waals surface area contributed by atoms with Gasteiger partial charge in [0.1, 0.15) is 12.4 Å². The maximum Gasteiger partial charge on any atom is 0.260 e. The van der Waals surface area contributed by atoms with Crippen molar-refractivity contribution in [2.45, 2.75) is 45.1 Å². The van der Waals surface area contributed by atoms with Crippen LogP contribution < -0.4 is 14.2 Å². The lowest BCUT2D eigenvalue weighted by Crippen LogP contribution is -2.49. The Morgan fingerprint density at radius 1 is 0.925 bits per heavy atom. The van der Waals surface area contributed by atoms with E-state index in [2.05, 4.69) is 46.3 Å². The number of aryl methyl sites for hydroxylation is 1. The molecule has 1 amide bonds. The van der Waals surface area contributed by atoms with E-state index in [0.717, 1.165) is 82.7 Å². The molecular weight excluding hydrogens is 502 g/mol. The fourth-order valence-corrected chi connectivity index (χ4v) is 6.05. The second-order valence-electron chi connectivity index (χ2n) is 11.0. The summed E-state index contributed by atoms with van der Waals surface area (Å²) >= 11 is 0. The van der Waals surface area contributed by atoms with Gasteiger partial charge in [0.2, 0.25) is 0 Å². The Hall–Kier alpha value is -3.58. The van der Waals surface area contributed by atoms with E-state index in [1.165, 1.54) is 5.56 Å². The molecule has 7 heteroatoms. The first kappa shape index (κ1) is 28.0. The number of carbonyl (C=O) groups excluding carboxylic acids is 1. The van der Waals surface area contributed by atoms with Crippen LogP contribution in [-0.2, 0) is 17.8 Å². The molecule has 3 aromatic rings. The van der Waals surface area contributed by atoms with Gasteiger partial charge in [0.15, 0.2) is 18.1 Å². The smallest absolute Gasteiger partial charge is 0.260 e. The number of hydrogen-bond acceptors (Lipinski definition) is 6. The highest BCUT2D eigenvalue weighted by molar-refractivity contribution is 5.78. The summed E-state index contributed by atoms with van der Waals surface area (Å²) in [6.45, 7) is 4.79. The molecule has 0 aliphatic carbocycles. The first-order chi connectivity index (χ1) is 19.6. The van der Waals surface area contributed by atoms with Crippen molar-refractivity contribution in [3.8, 4) is 17.2 Å². The van der Waals surface area contributed by atoms with Crippen molar-refractivity contribution >= 4 is 5.91 Å². The Morgan fingerprint density at radius 3 is 2.50 bits per heavy atom. The van der Waals surface area contributed by atoms with Crippen LogP contribution in [0.25, 0.3) is 0 Å². The zero-order valence-electron chi connectivity index (χ0n) is 23.6. The minimum absolute atomic E-state index is 0.0237. The van der Waals surface area contributed by atoms with E-state index in [1.807, 2.05) is 41.4 Å². The van der Waals surface area contributed by atoms with Crippen LogP contribution in [0.2, 0.25) is 0 Å². The van der Waals surface area contributed by atoms with Gasteiger partial charge in [-0.25, -0.2) is 0 Å². The van der Waals surface area contributed by atoms with Crippen molar-refractivity contribution < 1.29 is 19.0 Å². The molecule has 1 aromatic heterocycles. The van der Waals surface area contributed by atoms with Crippen LogP contribution >= 0.6 is 0 Å². The lowest BCUT2D eigenvalue weighted by atomic mass is 9.73. The van der Waals surface area contributed by atoms with E-state index in [9.17, 15) is 4.79 Å². The molecule has 5 rings (SSSR count). The molecule has 2 aliphatic rings. The van der Waals surface area contributed by atoms with Crippen molar-refractivity contribution in [1.82, 2.24) is 14.8 Å². The number of amides is 1. The molecule has 40 heavy (non-hydrogen) atoms. The van der Waals surface area contributed by atoms with Crippen LogP contribution in [0.3, 0.4) is 0 Å². The van der Waals surface area contributed by atoms with Crippen LogP contribution in [0.4, 0.5) is 0 Å².